The monoisotopic (exact) mass is 385 g/mol. The Labute approximate surface area is 159 Å². The van der Waals surface area contributed by atoms with E-state index in [2.05, 4.69) is 10.1 Å². The SMILES string of the molecule is COc1ccc(-n2[nH]c(C)c(C=Nc3ccc(Cl)c(C(=O)O)c3)c2=O)cc1. The number of aromatic amines is 1. The summed E-state index contributed by atoms with van der Waals surface area (Å²) in [5.74, 6) is -0.453. The molecule has 27 heavy (non-hydrogen) atoms. The predicted octanol–water partition coefficient (Wildman–Crippen LogP) is 3.58. The molecule has 0 unspecified atom stereocenters. The average Bonchev–Trinajstić information content (AvgIpc) is 2.95. The number of benzene rings is 2. The van der Waals surface area contributed by atoms with E-state index in [4.69, 9.17) is 21.4 Å². The zero-order chi connectivity index (χ0) is 19.6. The molecule has 0 bridgehead atoms. The first-order chi connectivity index (χ1) is 12.9. The molecule has 0 fully saturated rings. The minimum absolute atomic E-state index is 0.0484. The van der Waals surface area contributed by atoms with Crippen molar-refractivity contribution in [2.45, 2.75) is 6.92 Å². The van der Waals surface area contributed by atoms with Crippen molar-refractivity contribution in [3.05, 3.63) is 74.7 Å². The van der Waals surface area contributed by atoms with Crippen LogP contribution in [0.3, 0.4) is 0 Å². The number of methoxy groups -OCH3 is 1. The van der Waals surface area contributed by atoms with Gasteiger partial charge in [0.15, 0.2) is 0 Å². The summed E-state index contributed by atoms with van der Waals surface area (Å²) in [5.41, 5.74) is 1.72. The van der Waals surface area contributed by atoms with Crippen LogP contribution in [0.2, 0.25) is 5.02 Å². The summed E-state index contributed by atoms with van der Waals surface area (Å²) in [6, 6.07) is 11.4. The topological polar surface area (TPSA) is 96.7 Å². The minimum atomic E-state index is -1.14. The Morgan fingerprint density at radius 1 is 1.26 bits per heavy atom. The number of nitrogens with zero attached hydrogens (tertiary/aromatic N) is 2. The van der Waals surface area contributed by atoms with E-state index in [1.54, 1.807) is 44.4 Å². The summed E-state index contributed by atoms with van der Waals surface area (Å²) in [6.07, 6.45) is 1.41. The van der Waals surface area contributed by atoms with E-state index in [1.165, 1.54) is 23.0 Å². The van der Waals surface area contributed by atoms with E-state index in [0.29, 0.717) is 28.4 Å². The Kier molecular flexibility index (Phi) is 5.14. The van der Waals surface area contributed by atoms with Gasteiger partial charge in [0.1, 0.15) is 5.75 Å². The van der Waals surface area contributed by atoms with Gasteiger partial charge in [-0.05, 0) is 49.4 Å². The van der Waals surface area contributed by atoms with Gasteiger partial charge < -0.3 is 9.84 Å². The molecule has 8 heteroatoms. The van der Waals surface area contributed by atoms with E-state index in [-0.39, 0.29) is 16.1 Å². The van der Waals surface area contributed by atoms with Crippen LogP contribution in [-0.2, 0) is 0 Å². The molecule has 7 nitrogen and oxygen atoms in total. The van der Waals surface area contributed by atoms with Crippen molar-refractivity contribution >= 4 is 29.5 Å². The number of carbonyl (C=O) groups is 1. The number of H-pyrrole nitrogens is 1. The normalized spacial score (nSPS) is 11.1. The number of halogens is 1. The lowest BCUT2D eigenvalue weighted by Crippen LogP contribution is -2.17. The van der Waals surface area contributed by atoms with Crippen molar-refractivity contribution in [1.29, 1.82) is 0 Å². The van der Waals surface area contributed by atoms with Crippen LogP contribution in [0.1, 0.15) is 21.6 Å². The summed E-state index contributed by atoms with van der Waals surface area (Å²) >= 11 is 5.85. The first-order valence-electron chi connectivity index (χ1n) is 7.93. The second-order valence-electron chi connectivity index (χ2n) is 5.72. The fourth-order valence-corrected chi connectivity index (χ4v) is 2.72. The van der Waals surface area contributed by atoms with Gasteiger partial charge in [-0.2, -0.15) is 0 Å². The van der Waals surface area contributed by atoms with Crippen molar-refractivity contribution in [2.75, 3.05) is 7.11 Å². The van der Waals surface area contributed by atoms with Gasteiger partial charge in [0, 0.05) is 11.9 Å². The zero-order valence-corrected chi connectivity index (χ0v) is 15.3. The number of aromatic nitrogens is 2. The van der Waals surface area contributed by atoms with Gasteiger partial charge in [0.2, 0.25) is 0 Å². The van der Waals surface area contributed by atoms with Gasteiger partial charge in [0.25, 0.3) is 5.56 Å². The van der Waals surface area contributed by atoms with E-state index >= 15 is 0 Å². The number of carboxylic acid groups (broad SMARTS) is 1. The van der Waals surface area contributed by atoms with E-state index in [1.807, 2.05) is 0 Å². The number of aromatic carboxylic acids is 1. The first kappa shape index (κ1) is 18.5. The van der Waals surface area contributed by atoms with Crippen LogP contribution < -0.4 is 10.3 Å². The third-order valence-corrected chi connectivity index (χ3v) is 4.30. The highest BCUT2D eigenvalue weighted by atomic mass is 35.5. The molecule has 0 aliphatic rings. The summed E-state index contributed by atoms with van der Waals surface area (Å²) in [5, 5.41) is 12.3. The number of carboxylic acids is 1. The molecule has 0 saturated heterocycles. The quantitative estimate of drug-likeness (QED) is 0.656. The molecule has 1 aromatic heterocycles. The highest BCUT2D eigenvalue weighted by Crippen LogP contribution is 2.22. The second kappa shape index (κ2) is 7.51. The van der Waals surface area contributed by atoms with E-state index in [9.17, 15) is 9.59 Å². The molecule has 0 amide bonds. The molecule has 0 atom stereocenters. The molecule has 0 spiro atoms. The van der Waals surface area contributed by atoms with Crippen LogP contribution in [-0.4, -0.2) is 34.2 Å². The third-order valence-electron chi connectivity index (χ3n) is 3.97. The Morgan fingerprint density at radius 2 is 1.96 bits per heavy atom. The van der Waals surface area contributed by atoms with Crippen LogP contribution in [0, 0.1) is 6.92 Å². The van der Waals surface area contributed by atoms with Gasteiger partial charge >= 0.3 is 5.97 Å². The average molecular weight is 386 g/mol. The number of aryl methyl sites for hydroxylation is 1. The molecule has 3 rings (SSSR count). The van der Waals surface area contributed by atoms with Crippen LogP contribution in [0.25, 0.3) is 5.69 Å². The summed E-state index contributed by atoms with van der Waals surface area (Å²) < 4.78 is 6.52. The maximum atomic E-state index is 12.7. The Hall–Kier alpha value is -3.32. The molecule has 2 N–H and O–H groups in total. The molecule has 138 valence electrons. The van der Waals surface area contributed by atoms with Gasteiger partial charge in [-0.25, -0.2) is 9.48 Å². The largest absolute Gasteiger partial charge is 0.497 e. The molecule has 2 aromatic carbocycles. The van der Waals surface area contributed by atoms with Gasteiger partial charge in [-0.3, -0.25) is 14.9 Å². The maximum absolute atomic E-state index is 12.7. The summed E-state index contributed by atoms with van der Waals surface area (Å²) in [7, 11) is 1.57. The van der Waals surface area contributed by atoms with Crippen molar-refractivity contribution in [3.63, 3.8) is 0 Å². The van der Waals surface area contributed by atoms with E-state index < -0.39 is 5.97 Å². The number of aliphatic imine (C=N–C) groups is 1. The lowest BCUT2D eigenvalue weighted by atomic mass is 10.2. The highest BCUT2D eigenvalue weighted by molar-refractivity contribution is 6.33. The van der Waals surface area contributed by atoms with E-state index in [0.717, 1.165) is 0 Å². The number of nitrogens with one attached hydrogen (secondary N) is 1. The molecule has 0 aliphatic heterocycles. The number of ether oxygens (including phenoxy) is 1. The first-order valence-corrected chi connectivity index (χ1v) is 8.31. The minimum Gasteiger partial charge on any atom is -0.497 e. The zero-order valence-electron chi connectivity index (χ0n) is 14.6. The molecular formula is C19H16ClN3O4. The van der Waals surface area contributed by atoms with Crippen LogP contribution in [0.4, 0.5) is 5.69 Å². The molecule has 0 radical (unpaired) electrons. The van der Waals surface area contributed by atoms with Crippen LogP contribution in [0.5, 0.6) is 5.75 Å². The third kappa shape index (κ3) is 3.78. The number of rotatable bonds is 5. The molecule has 3 aromatic rings. The van der Waals surface area contributed by atoms with Gasteiger partial charge in [0.05, 0.1) is 34.6 Å². The fourth-order valence-electron chi connectivity index (χ4n) is 2.52. The number of hydrogen-bond acceptors (Lipinski definition) is 4. The van der Waals surface area contributed by atoms with Gasteiger partial charge in [-0.1, -0.05) is 11.6 Å². The number of hydrogen-bond donors (Lipinski definition) is 2. The van der Waals surface area contributed by atoms with Gasteiger partial charge in [-0.15, -0.1) is 0 Å². The molecule has 1 heterocycles. The summed E-state index contributed by atoms with van der Waals surface area (Å²) in [4.78, 5) is 28.1. The Morgan fingerprint density at radius 3 is 2.59 bits per heavy atom. The lowest BCUT2D eigenvalue weighted by Gasteiger charge is -2.03. The van der Waals surface area contributed by atoms with Crippen molar-refractivity contribution in [1.82, 2.24) is 9.78 Å². The molecule has 0 aliphatic carbocycles. The fraction of sp³-hybridized carbons (Fsp3) is 0.105. The molecule has 0 saturated carbocycles. The van der Waals surface area contributed by atoms with Crippen LogP contribution in [0.15, 0.2) is 52.3 Å². The standard InChI is InChI=1S/C19H16ClN3O4/c1-11-16(10-21-12-3-8-17(20)15(9-12)19(25)26)18(24)23(22-11)13-4-6-14(27-2)7-5-13/h3-10,22H,1-2H3,(H,25,26). The second-order valence-corrected chi connectivity index (χ2v) is 6.12. The van der Waals surface area contributed by atoms with Crippen molar-refractivity contribution in [3.8, 4) is 11.4 Å². The maximum Gasteiger partial charge on any atom is 0.337 e. The molecular weight excluding hydrogens is 370 g/mol. The van der Waals surface area contributed by atoms with Crippen molar-refractivity contribution in [2.24, 2.45) is 4.99 Å². The smallest absolute Gasteiger partial charge is 0.337 e. The highest BCUT2D eigenvalue weighted by Gasteiger charge is 2.12. The Balaban J connectivity index is 1.95. The van der Waals surface area contributed by atoms with Crippen molar-refractivity contribution < 1.29 is 14.6 Å². The summed E-state index contributed by atoms with van der Waals surface area (Å²) in [6.45, 7) is 1.76. The van der Waals surface area contributed by atoms with Crippen LogP contribution >= 0.6 is 11.6 Å². The predicted molar refractivity (Wildman–Crippen MR) is 103 cm³/mol. The Bertz CT molecular complexity index is 1080. The lowest BCUT2D eigenvalue weighted by molar-refractivity contribution is 0.0697.